The van der Waals surface area contributed by atoms with Gasteiger partial charge in [0.05, 0.1) is 17.9 Å². The first kappa shape index (κ1) is 19.6. The van der Waals surface area contributed by atoms with Gasteiger partial charge in [0.1, 0.15) is 6.29 Å². The molecule has 1 fully saturated rings. The molecule has 1 saturated carbocycles. The number of aldehydes is 1. The van der Waals surface area contributed by atoms with E-state index in [0.717, 1.165) is 55.9 Å². The minimum Gasteiger partial charge on any atom is -0.466 e. The van der Waals surface area contributed by atoms with Crippen molar-refractivity contribution in [3.63, 3.8) is 0 Å². The predicted molar refractivity (Wildman–Crippen MR) is 99.5 cm³/mol. The molecule has 0 bridgehead atoms. The Morgan fingerprint density at radius 1 is 1.28 bits per heavy atom. The molecule has 4 heteroatoms. The normalized spacial score (nSPS) is 24.5. The van der Waals surface area contributed by atoms with Crippen molar-refractivity contribution in [2.24, 2.45) is 11.7 Å². The van der Waals surface area contributed by atoms with Crippen molar-refractivity contribution in [1.82, 2.24) is 0 Å². The topological polar surface area (TPSA) is 69.4 Å². The number of carbonyl (C=O) groups is 2. The second kappa shape index (κ2) is 9.14. The number of hydrogen-bond acceptors (Lipinski definition) is 4. The van der Waals surface area contributed by atoms with E-state index in [-0.39, 0.29) is 11.9 Å². The molecule has 2 N–H and O–H groups in total. The van der Waals surface area contributed by atoms with Crippen LogP contribution >= 0.6 is 0 Å². The molecule has 0 heterocycles. The highest BCUT2D eigenvalue weighted by Gasteiger charge is 2.36. The summed E-state index contributed by atoms with van der Waals surface area (Å²) in [6, 6.07) is 8.03. The molecule has 0 aliphatic heterocycles. The summed E-state index contributed by atoms with van der Waals surface area (Å²) in [7, 11) is 0. The van der Waals surface area contributed by atoms with Gasteiger partial charge in [0.2, 0.25) is 0 Å². The van der Waals surface area contributed by atoms with E-state index in [9.17, 15) is 9.59 Å². The molecule has 2 rings (SSSR count). The Hall–Kier alpha value is -1.68. The third-order valence-corrected chi connectivity index (χ3v) is 5.59. The van der Waals surface area contributed by atoms with Crippen LogP contribution in [-0.2, 0) is 19.7 Å². The monoisotopic (exact) mass is 345 g/mol. The number of benzene rings is 1. The molecular formula is C21H31NO3. The average molecular weight is 345 g/mol. The Morgan fingerprint density at radius 3 is 2.40 bits per heavy atom. The van der Waals surface area contributed by atoms with Crippen molar-refractivity contribution >= 4 is 12.3 Å². The van der Waals surface area contributed by atoms with Gasteiger partial charge in [-0.15, -0.1) is 0 Å². The first-order chi connectivity index (χ1) is 12.1. The molecule has 0 aromatic heterocycles. The van der Waals surface area contributed by atoms with Gasteiger partial charge in [0, 0.05) is 0 Å². The molecule has 1 aromatic rings. The number of ether oxygens (including phenoxy) is 1. The van der Waals surface area contributed by atoms with Gasteiger partial charge in [0.15, 0.2) is 0 Å². The minimum atomic E-state index is -0.394. The van der Waals surface area contributed by atoms with Gasteiger partial charge in [-0.3, -0.25) is 4.79 Å². The maximum Gasteiger partial charge on any atom is 0.313 e. The maximum absolute atomic E-state index is 12.2. The molecule has 1 unspecified atom stereocenters. The summed E-state index contributed by atoms with van der Waals surface area (Å²) in [4.78, 5) is 24.1. The van der Waals surface area contributed by atoms with Crippen molar-refractivity contribution in [3.05, 3.63) is 35.4 Å². The maximum atomic E-state index is 12.2. The van der Waals surface area contributed by atoms with Crippen molar-refractivity contribution in [2.75, 3.05) is 13.2 Å². The van der Waals surface area contributed by atoms with Crippen LogP contribution in [0.1, 0.15) is 69.4 Å². The highest BCUT2D eigenvalue weighted by Crippen LogP contribution is 2.40. The van der Waals surface area contributed by atoms with Gasteiger partial charge in [0.25, 0.3) is 0 Å². The van der Waals surface area contributed by atoms with Crippen LogP contribution in [0.5, 0.6) is 0 Å². The molecule has 0 spiro atoms. The Morgan fingerprint density at radius 2 is 1.92 bits per heavy atom. The fourth-order valence-corrected chi connectivity index (χ4v) is 3.90. The van der Waals surface area contributed by atoms with Crippen LogP contribution in [0.2, 0.25) is 0 Å². The summed E-state index contributed by atoms with van der Waals surface area (Å²) in [5.74, 6) is 0.148. The lowest BCUT2D eigenvalue weighted by Crippen LogP contribution is -2.35. The average Bonchev–Trinajstić information content (AvgIpc) is 2.66. The van der Waals surface area contributed by atoms with E-state index in [2.05, 4.69) is 6.92 Å². The molecule has 4 nitrogen and oxygen atoms in total. The number of esters is 1. The lowest BCUT2D eigenvalue weighted by atomic mass is 9.67. The standard InChI is InChI=1S/C21H31NO3/c1-3-5-19(20(24)25-4-2)17-6-8-18(9-7-17)21(15-23)12-10-16(14-22)11-13-21/h6-9,15-16,19H,3-5,10-14,22H2,1-2H3. The summed E-state index contributed by atoms with van der Waals surface area (Å²) in [6.07, 6.45) is 6.52. The van der Waals surface area contributed by atoms with E-state index in [1.165, 1.54) is 0 Å². The Balaban J connectivity index is 2.19. The number of hydrogen-bond donors (Lipinski definition) is 1. The van der Waals surface area contributed by atoms with Crippen molar-refractivity contribution in [1.29, 1.82) is 0 Å². The molecule has 0 radical (unpaired) electrons. The molecule has 25 heavy (non-hydrogen) atoms. The van der Waals surface area contributed by atoms with Gasteiger partial charge in [-0.1, -0.05) is 37.6 Å². The molecule has 0 amide bonds. The van der Waals surface area contributed by atoms with Crippen LogP contribution in [0.4, 0.5) is 0 Å². The first-order valence-electron chi connectivity index (χ1n) is 9.53. The zero-order chi connectivity index (χ0) is 18.3. The van der Waals surface area contributed by atoms with Crippen molar-refractivity contribution < 1.29 is 14.3 Å². The summed E-state index contributed by atoms with van der Waals surface area (Å²) < 4.78 is 5.22. The molecule has 1 aromatic carbocycles. The van der Waals surface area contributed by atoms with Crippen molar-refractivity contribution in [3.8, 4) is 0 Å². The third kappa shape index (κ3) is 4.49. The summed E-state index contributed by atoms with van der Waals surface area (Å²) in [5.41, 5.74) is 7.41. The Bertz CT molecular complexity index is 559. The molecule has 1 aliphatic carbocycles. The SMILES string of the molecule is CCCC(C(=O)OCC)c1ccc(C2(C=O)CCC(CN)CC2)cc1. The number of rotatable bonds is 8. The van der Waals surface area contributed by atoms with Gasteiger partial charge < -0.3 is 15.3 Å². The lowest BCUT2D eigenvalue weighted by molar-refractivity contribution is -0.145. The van der Waals surface area contributed by atoms with Gasteiger partial charge >= 0.3 is 5.97 Å². The van der Waals surface area contributed by atoms with Gasteiger partial charge in [-0.05, 0) is 62.6 Å². The Labute approximate surface area is 151 Å². The molecular weight excluding hydrogens is 314 g/mol. The van der Waals surface area contributed by atoms with E-state index in [1.807, 2.05) is 31.2 Å². The molecule has 0 saturated heterocycles. The highest BCUT2D eigenvalue weighted by molar-refractivity contribution is 5.78. The van der Waals surface area contributed by atoms with Crippen LogP contribution in [0.15, 0.2) is 24.3 Å². The van der Waals surface area contributed by atoms with E-state index >= 15 is 0 Å². The van der Waals surface area contributed by atoms with E-state index in [0.29, 0.717) is 19.1 Å². The third-order valence-electron chi connectivity index (χ3n) is 5.59. The van der Waals surface area contributed by atoms with E-state index in [1.54, 1.807) is 0 Å². The number of nitrogens with two attached hydrogens (primary N) is 1. The summed E-state index contributed by atoms with van der Waals surface area (Å²) >= 11 is 0. The highest BCUT2D eigenvalue weighted by atomic mass is 16.5. The van der Waals surface area contributed by atoms with Crippen LogP contribution < -0.4 is 5.73 Å². The predicted octanol–water partition coefficient (Wildman–Crippen LogP) is 3.72. The van der Waals surface area contributed by atoms with E-state index in [4.69, 9.17) is 10.5 Å². The second-order valence-electron chi connectivity index (χ2n) is 7.17. The van der Waals surface area contributed by atoms with Crippen LogP contribution in [0.25, 0.3) is 0 Å². The first-order valence-corrected chi connectivity index (χ1v) is 9.53. The Kier molecular flexibility index (Phi) is 7.18. The van der Waals surface area contributed by atoms with Gasteiger partial charge in [-0.25, -0.2) is 0 Å². The van der Waals surface area contributed by atoms with Crippen molar-refractivity contribution in [2.45, 2.75) is 63.7 Å². The molecule has 138 valence electrons. The molecule has 1 aliphatic rings. The number of carbonyl (C=O) groups excluding carboxylic acids is 2. The summed E-state index contributed by atoms with van der Waals surface area (Å²) in [6.45, 7) is 4.99. The van der Waals surface area contributed by atoms with E-state index < -0.39 is 5.41 Å². The minimum absolute atomic E-state index is 0.161. The largest absolute Gasteiger partial charge is 0.466 e. The zero-order valence-electron chi connectivity index (χ0n) is 15.5. The van der Waals surface area contributed by atoms with Crippen LogP contribution in [0.3, 0.4) is 0 Å². The zero-order valence-corrected chi connectivity index (χ0v) is 15.5. The lowest BCUT2D eigenvalue weighted by Gasteiger charge is -2.36. The quantitative estimate of drug-likeness (QED) is 0.576. The second-order valence-corrected chi connectivity index (χ2v) is 7.17. The molecule has 1 atom stereocenters. The van der Waals surface area contributed by atoms with Gasteiger partial charge in [-0.2, -0.15) is 0 Å². The fourth-order valence-electron chi connectivity index (χ4n) is 3.90. The fraction of sp³-hybridized carbons (Fsp3) is 0.619. The summed E-state index contributed by atoms with van der Waals surface area (Å²) in [5, 5.41) is 0. The van der Waals surface area contributed by atoms with Crippen LogP contribution in [0, 0.1) is 5.92 Å². The smallest absolute Gasteiger partial charge is 0.313 e. The van der Waals surface area contributed by atoms with Crippen LogP contribution in [-0.4, -0.2) is 25.4 Å².